The molecule has 1 aromatic heterocycles. The minimum absolute atomic E-state index is 0.507. The Hall–Kier alpha value is -1.55. The summed E-state index contributed by atoms with van der Waals surface area (Å²) in [5.74, 6) is 1.82. The van der Waals surface area contributed by atoms with Gasteiger partial charge in [0, 0.05) is 11.4 Å². The maximum atomic E-state index is 5.95. The molecule has 0 unspecified atom stereocenters. The van der Waals surface area contributed by atoms with Crippen LogP contribution in [0, 0.1) is 0 Å². The van der Waals surface area contributed by atoms with Crippen LogP contribution in [0.15, 0.2) is 22.7 Å². The lowest BCUT2D eigenvalue weighted by Crippen LogP contribution is -1.90. The first kappa shape index (κ1) is 11.9. The van der Waals surface area contributed by atoms with Gasteiger partial charge < -0.3 is 9.26 Å². The first-order valence-corrected chi connectivity index (χ1v) is 5.79. The molecule has 0 fully saturated rings. The molecule has 5 heteroatoms. The van der Waals surface area contributed by atoms with E-state index < -0.39 is 0 Å². The number of nitrogens with zero attached hydrogens (tertiary/aromatic N) is 2. The zero-order chi connectivity index (χ0) is 12.3. The summed E-state index contributed by atoms with van der Waals surface area (Å²) in [7, 11) is 1.60. The van der Waals surface area contributed by atoms with E-state index in [1.54, 1.807) is 25.3 Å². The van der Waals surface area contributed by atoms with Gasteiger partial charge in [0.25, 0.3) is 0 Å². The van der Waals surface area contributed by atoms with Crippen LogP contribution >= 0.6 is 11.6 Å². The Morgan fingerprint density at radius 1 is 1.41 bits per heavy atom. The van der Waals surface area contributed by atoms with Gasteiger partial charge in [0.05, 0.1) is 12.7 Å². The normalized spacial score (nSPS) is 10.5. The quantitative estimate of drug-likeness (QED) is 0.837. The minimum atomic E-state index is 0.507. The van der Waals surface area contributed by atoms with Crippen molar-refractivity contribution >= 4 is 11.6 Å². The molecule has 90 valence electrons. The van der Waals surface area contributed by atoms with Crippen LogP contribution in [-0.4, -0.2) is 17.3 Å². The molecule has 1 heterocycles. The molecule has 1 aromatic carbocycles. The van der Waals surface area contributed by atoms with E-state index in [-0.39, 0.29) is 0 Å². The van der Waals surface area contributed by atoms with E-state index in [1.807, 2.05) is 0 Å². The number of aryl methyl sites for hydroxylation is 1. The van der Waals surface area contributed by atoms with Crippen LogP contribution in [0.2, 0.25) is 5.02 Å². The van der Waals surface area contributed by atoms with Gasteiger partial charge in [-0.25, -0.2) is 0 Å². The van der Waals surface area contributed by atoms with Crippen molar-refractivity contribution in [2.45, 2.75) is 19.8 Å². The molecule has 0 radical (unpaired) electrons. The fourth-order valence-corrected chi connectivity index (χ4v) is 1.71. The van der Waals surface area contributed by atoms with Crippen LogP contribution in [0.3, 0.4) is 0 Å². The van der Waals surface area contributed by atoms with Crippen molar-refractivity contribution in [2.24, 2.45) is 0 Å². The molecule has 2 rings (SSSR count). The number of aromatic nitrogens is 2. The van der Waals surface area contributed by atoms with E-state index in [0.29, 0.717) is 22.5 Å². The number of ether oxygens (including phenoxy) is 1. The molecule has 0 aliphatic carbocycles. The van der Waals surface area contributed by atoms with Crippen molar-refractivity contribution < 1.29 is 9.26 Å². The zero-order valence-corrected chi connectivity index (χ0v) is 10.5. The van der Waals surface area contributed by atoms with Gasteiger partial charge in [0.15, 0.2) is 0 Å². The summed E-state index contributed by atoms with van der Waals surface area (Å²) in [6, 6.07) is 5.31. The van der Waals surface area contributed by atoms with Gasteiger partial charge in [-0.2, -0.15) is 4.98 Å². The van der Waals surface area contributed by atoms with Crippen molar-refractivity contribution in [3.8, 4) is 17.1 Å². The van der Waals surface area contributed by atoms with E-state index in [4.69, 9.17) is 20.9 Å². The predicted molar refractivity (Wildman–Crippen MR) is 65.3 cm³/mol. The molecule has 0 saturated heterocycles. The molecule has 0 amide bonds. The van der Waals surface area contributed by atoms with Crippen LogP contribution in [0.1, 0.15) is 19.2 Å². The monoisotopic (exact) mass is 252 g/mol. The Bertz CT molecular complexity index is 511. The fraction of sp³-hybridized carbons (Fsp3) is 0.333. The Morgan fingerprint density at radius 2 is 2.24 bits per heavy atom. The summed E-state index contributed by atoms with van der Waals surface area (Å²) in [4.78, 5) is 4.30. The smallest absolute Gasteiger partial charge is 0.226 e. The molecule has 0 spiro atoms. The van der Waals surface area contributed by atoms with Crippen LogP contribution < -0.4 is 4.74 Å². The standard InChI is InChI=1S/C12H13ClN2O2/c1-3-4-11-14-12(15-17-11)9-7-8(13)5-6-10(9)16-2/h5-7H,3-4H2,1-2H3. The molecule has 0 saturated carbocycles. The maximum absolute atomic E-state index is 5.95. The molecule has 0 aliphatic rings. The summed E-state index contributed by atoms with van der Waals surface area (Å²) in [5.41, 5.74) is 0.742. The highest BCUT2D eigenvalue weighted by molar-refractivity contribution is 6.30. The van der Waals surface area contributed by atoms with Crippen LogP contribution in [0.5, 0.6) is 5.75 Å². The summed E-state index contributed by atoms with van der Waals surface area (Å²) >= 11 is 5.95. The lowest BCUT2D eigenvalue weighted by molar-refractivity contribution is 0.377. The second-order valence-corrected chi connectivity index (χ2v) is 4.04. The average Bonchev–Trinajstić information content (AvgIpc) is 2.78. The third-order valence-electron chi connectivity index (χ3n) is 2.33. The average molecular weight is 253 g/mol. The van der Waals surface area contributed by atoms with Gasteiger partial charge >= 0.3 is 0 Å². The molecular formula is C12H13ClN2O2. The third-order valence-corrected chi connectivity index (χ3v) is 2.57. The predicted octanol–water partition coefficient (Wildman–Crippen LogP) is 3.35. The Balaban J connectivity index is 2.40. The van der Waals surface area contributed by atoms with Crippen molar-refractivity contribution in [3.63, 3.8) is 0 Å². The number of benzene rings is 1. The van der Waals surface area contributed by atoms with Crippen LogP contribution in [-0.2, 0) is 6.42 Å². The molecular weight excluding hydrogens is 240 g/mol. The second kappa shape index (κ2) is 5.19. The molecule has 4 nitrogen and oxygen atoms in total. The minimum Gasteiger partial charge on any atom is -0.496 e. The fourth-order valence-electron chi connectivity index (χ4n) is 1.53. The molecule has 0 N–H and O–H groups in total. The lowest BCUT2D eigenvalue weighted by atomic mass is 10.2. The topological polar surface area (TPSA) is 48.2 Å². The van der Waals surface area contributed by atoms with Crippen molar-refractivity contribution in [2.75, 3.05) is 7.11 Å². The highest BCUT2D eigenvalue weighted by Gasteiger charge is 2.13. The van der Waals surface area contributed by atoms with E-state index in [1.165, 1.54) is 0 Å². The number of methoxy groups -OCH3 is 1. The highest BCUT2D eigenvalue weighted by Crippen LogP contribution is 2.30. The number of halogens is 1. The van der Waals surface area contributed by atoms with Gasteiger partial charge in [-0.15, -0.1) is 0 Å². The second-order valence-electron chi connectivity index (χ2n) is 3.61. The number of rotatable bonds is 4. The molecule has 17 heavy (non-hydrogen) atoms. The molecule has 0 bridgehead atoms. The molecule has 2 aromatic rings. The van der Waals surface area contributed by atoms with Crippen LogP contribution in [0.4, 0.5) is 0 Å². The molecule has 0 aliphatic heterocycles. The van der Waals surface area contributed by atoms with E-state index >= 15 is 0 Å². The van der Waals surface area contributed by atoms with Crippen molar-refractivity contribution in [3.05, 3.63) is 29.1 Å². The first-order valence-electron chi connectivity index (χ1n) is 5.41. The summed E-state index contributed by atoms with van der Waals surface area (Å²) in [6.07, 6.45) is 1.74. The number of hydrogen-bond donors (Lipinski definition) is 0. The van der Waals surface area contributed by atoms with E-state index in [0.717, 1.165) is 18.4 Å². The summed E-state index contributed by atoms with van der Waals surface area (Å²) in [6.45, 7) is 2.06. The SMILES string of the molecule is CCCc1nc(-c2cc(Cl)ccc2OC)no1. The maximum Gasteiger partial charge on any atom is 0.226 e. The third kappa shape index (κ3) is 2.58. The van der Waals surface area contributed by atoms with Crippen molar-refractivity contribution in [1.82, 2.24) is 10.1 Å². The van der Waals surface area contributed by atoms with Crippen molar-refractivity contribution in [1.29, 1.82) is 0 Å². The largest absolute Gasteiger partial charge is 0.496 e. The zero-order valence-electron chi connectivity index (χ0n) is 9.74. The van der Waals surface area contributed by atoms with Gasteiger partial charge in [-0.3, -0.25) is 0 Å². The van der Waals surface area contributed by atoms with Gasteiger partial charge in [-0.1, -0.05) is 23.7 Å². The van der Waals surface area contributed by atoms with Crippen LogP contribution in [0.25, 0.3) is 11.4 Å². The van der Waals surface area contributed by atoms with Gasteiger partial charge in [0.2, 0.25) is 11.7 Å². The highest BCUT2D eigenvalue weighted by atomic mass is 35.5. The Morgan fingerprint density at radius 3 is 2.94 bits per heavy atom. The Labute approximate surface area is 105 Å². The first-order chi connectivity index (χ1) is 8.24. The van der Waals surface area contributed by atoms with E-state index in [9.17, 15) is 0 Å². The lowest BCUT2D eigenvalue weighted by Gasteiger charge is -2.04. The summed E-state index contributed by atoms with van der Waals surface area (Å²) < 4.78 is 10.4. The summed E-state index contributed by atoms with van der Waals surface area (Å²) in [5, 5.41) is 4.54. The van der Waals surface area contributed by atoms with Gasteiger partial charge in [0.1, 0.15) is 5.75 Å². The van der Waals surface area contributed by atoms with E-state index in [2.05, 4.69) is 17.1 Å². The molecule has 0 atom stereocenters. The Kier molecular flexibility index (Phi) is 3.64. The van der Waals surface area contributed by atoms with Gasteiger partial charge in [-0.05, 0) is 24.6 Å². The number of hydrogen-bond acceptors (Lipinski definition) is 4.